The van der Waals surface area contributed by atoms with E-state index in [1.807, 2.05) is 0 Å². The minimum absolute atomic E-state index is 0.115. The molecule has 0 amide bonds. The molecular formula is C15H14N2O4. The van der Waals surface area contributed by atoms with Gasteiger partial charge in [-0.05, 0) is 29.8 Å². The Morgan fingerprint density at radius 1 is 1.10 bits per heavy atom. The molecule has 6 nitrogen and oxygen atoms in total. The molecule has 0 aliphatic heterocycles. The molecule has 0 bridgehead atoms. The van der Waals surface area contributed by atoms with E-state index < -0.39 is 17.7 Å². The van der Waals surface area contributed by atoms with Crippen molar-refractivity contribution in [3.05, 3.63) is 53.9 Å². The average molecular weight is 286 g/mol. The highest BCUT2D eigenvalue weighted by Crippen LogP contribution is 2.24. The first-order valence-electron chi connectivity index (χ1n) is 6.21. The van der Waals surface area contributed by atoms with Crippen LogP contribution in [0.15, 0.2) is 42.6 Å². The number of ether oxygens (including phenoxy) is 2. The van der Waals surface area contributed by atoms with Gasteiger partial charge in [-0.15, -0.1) is 5.10 Å². The van der Waals surface area contributed by atoms with Crippen molar-refractivity contribution in [3.63, 3.8) is 0 Å². The number of hydrogen-bond acceptors (Lipinski definition) is 6. The Kier molecular flexibility index (Phi) is 4.61. The normalized spacial score (nSPS) is 11.5. The summed E-state index contributed by atoms with van der Waals surface area (Å²) in [5.74, 6) is -1.54. The van der Waals surface area contributed by atoms with Crippen molar-refractivity contribution in [1.29, 1.82) is 0 Å². The molecule has 0 saturated heterocycles. The third kappa shape index (κ3) is 3.22. The summed E-state index contributed by atoms with van der Waals surface area (Å²) >= 11 is 0. The lowest BCUT2D eigenvalue weighted by Gasteiger charge is -2.13. The molecule has 108 valence electrons. The lowest BCUT2D eigenvalue weighted by molar-refractivity contribution is -0.141. The second kappa shape index (κ2) is 6.60. The summed E-state index contributed by atoms with van der Waals surface area (Å²) in [4.78, 5) is 24.4. The lowest BCUT2D eigenvalue weighted by Crippen LogP contribution is -2.24. The molecule has 1 aromatic carbocycles. The van der Waals surface area contributed by atoms with Gasteiger partial charge in [-0.3, -0.25) is 9.59 Å². The zero-order chi connectivity index (χ0) is 15.2. The van der Waals surface area contributed by atoms with Crippen LogP contribution in [-0.4, -0.2) is 36.2 Å². The first-order valence-corrected chi connectivity index (χ1v) is 6.21. The highest BCUT2D eigenvalue weighted by molar-refractivity contribution is 6.11. The van der Waals surface area contributed by atoms with Crippen LogP contribution in [0.3, 0.4) is 0 Å². The average Bonchev–Trinajstić information content (AvgIpc) is 2.56. The highest BCUT2D eigenvalue weighted by Gasteiger charge is 2.31. The van der Waals surface area contributed by atoms with Gasteiger partial charge in [0.25, 0.3) is 0 Å². The molecule has 1 aromatic heterocycles. The molecule has 21 heavy (non-hydrogen) atoms. The molecular weight excluding hydrogens is 272 g/mol. The number of carbonyl (C=O) groups is 2. The summed E-state index contributed by atoms with van der Waals surface area (Å²) in [5.41, 5.74) is 0.627. The molecule has 0 fully saturated rings. The first kappa shape index (κ1) is 14.6. The summed E-state index contributed by atoms with van der Waals surface area (Å²) in [5, 5.41) is 7.39. The van der Waals surface area contributed by atoms with Crippen LogP contribution < -0.4 is 4.74 Å². The Balaban J connectivity index is 2.38. The van der Waals surface area contributed by atoms with Crippen molar-refractivity contribution in [3.8, 4) is 5.75 Å². The van der Waals surface area contributed by atoms with Gasteiger partial charge in [0, 0.05) is 6.20 Å². The molecule has 2 aromatic rings. The Morgan fingerprint density at radius 2 is 1.81 bits per heavy atom. The van der Waals surface area contributed by atoms with Gasteiger partial charge in [0.2, 0.25) is 5.78 Å². The molecule has 1 atom stereocenters. The van der Waals surface area contributed by atoms with Crippen molar-refractivity contribution < 1.29 is 19.1 Å². The van der Waals surface area contributed by atoms with Gasteiger partial charge in [0.1, 0.15) is 17.4 Å². The summed E-state index contributed by atoms with van der Waals surface area (Å²) < 4.78 is 9.78. The van der Waals surface area contributed by atoms with Crippen LogP contribution in [0.2, 0.25) is 0 Å². The second-order valence-electron chi connectivity index (χ2n) is 4.20. The van der Waals surface area contributed by atoms with Gasteiger partial charge < -0.3 is 9.47 Å². The molecule has 0 aliphatic carbocycles. The van der Waals surface area contributed by atoms with E-state index in [-0.39, 0.29) is 5.69 Å². The summed E-state index contributed by atoms with van der Waals surface area (Å²) in [7, 11) is 2.78. The number of nitrogens with zero attached hydrogens (tertiary/aromatic N) is 2. The fourth-order valence-electron chi connectivity index (χ4n) is 1.89. The van der Waals surface area contributed by atoms with Crippen LogP contribution in [0.5, 0.6) is 5.75 Å². The van der Waals surface area contributed by atoms with Crippen molar-refractivity contribution in [2.75, 3.05) is 14.2 Å². The monoisotopic (exact) mass is 286 g/mol. The number of hydrogen-bond donors (Lipinski definition) is 0. The van der Waals surface area contributed by atoms with Crippen LogP contribution >= 0.6 is 0 Å². The number of carbonyl (C=O) groups excluding carboxylic acids is 2. The zero-order valence-corrected chi connectivity index (χ0v) is 11.6. The number of aromatic nitrogens is 2. The lowest BCUT2D eigenvalue weighted by atomic mass is 9.93. The van der Waals surface area contributed by atoms with Gasteiger partial charge >= 0.3 is 5.97 Å². The zero-order valence-electron chi connectivity index (χ0n) is 11.6. The van der Waals surface area contributed by atoms with E-state index in [2.05, 4.69) is 10.2 Å². The molecule has 1 heterocycles. The summed E-state index contributed by atoms with van der Waals surface area (Å²) in [6, 6.07) is 9.74. The molecule has 0 spiro atoms. The molecule has 0 saturated carbocycles. The fraction of sp³-hybridized carbons (Fsp3) is 0.200. The number of Topliss-reactive ketones (excluding diaryl/α,β-unsaturated/α-hetero) is 1. The predicted octanol–water partition coefficient (Wildman–Crippen LogP) is 1.62. The van der Waals surface area contributed by atoms with Gasteiger partial charge in [-0.25, -0.2) is 0 Å². The second-order valence-corrected chi connectivity index (χ2v) is 4.20. The van der Waals surface area contributed by atoms with E-state index >= 15 is 0 Å². The Hall–Kier alpha value is -2.76. The van der Waals surface area contributed by atoms with E-state index in [1.54, 1.807) is 30.3 Å². The standard InChI is InChI=1S/C15H14N2O4/c1-20-11-7-5-10(6-8-11)13(15(19)21-2)14(18)12-4-3-9-16-17-12/h3-9,13H,1-2H3/t13-/m0/s1. The predicted molar refractivity (Wildman–Crippen MR) is 74.1 cm³/mol. The van der Waals surface area contributed by atoms with Gasteiger partial charge in [-0.1, -0.05) is 12.1 Å². The van der Waals surface area contributed by atoms with Crippen molar-refractivity contribution >= 4 is 11.8 Å². The van der Waals surface area contributed by atoms with Gasteiger partial charge in [0.05, 0.1) is 14.2 Å². The molecule has 0 unspecified atom stereocenters. The van der Waals surface area contributed by atoms with Crippen molar-refractivity contribution in [1.82, 2.24) is 10.2 Å². The Morgan fingerprint density at radius 3 is 2.33 bits per heavy atom. The SMILES string of the molecule is COC(=O)[C@H](C(=O)c1cccnn1)c1ccc(OC)cc1. The minimum Gasteiger partial charge on any atom is -0.497 e. The van der Waals surface area contributed by atoms with Crippen LogP contribution in [0.25, 0.3) is 0 Å². The fourth-order valence-corrected chi connectivity index (χ4v) is 1.89. The topological polar surface area (TPSA) is 78.4 Å². The maximum atomic E-state index is 12.5. The Labute approximate surface area is 121 Å². The highest BCUT2D eigenvalue weighted by atomic mass is 16.5. The molecule has 2 rings (SSSR count). The number of esters is 1. The van der Waals surface area contributed by atoms with Crippen LogP contribution in [0, 0.1) is 0 Å². The van der Waals surface area contributed by atoms with Crippen LogP contribution in [0.1, 0.15) is 22.0 Å². The largest absolute Gasteiger partial charge is 0.497 e. The number of ketones is 1. The molecule has 0 aliphatic rings. The van der Waals surface area contributed by atoms with Crippen molar-refractivity contribution in [2.45, 2.75) is 5.92 Å². The molecule has 6 heteroatoms. The van der Waals surface area contributed by atoms with E-state index in [4.69, 9.17) is 9.47 Å². The number of methoxy groups -OCH3 is 2. The van der Waals surface area contributed by atoms with E-state index in [0.717, 1.165) is 0 Å². The minimum atomic E-state index is -1.07. The van der Waals surface area contributed by atoms with E-state index in [0.29, 0.717) is 11.3 Å². The Bertz CT molecular complexity index is 626. The quantitative estimate of drug-likeness (QED) is 0.472. The summed E-state index contributed by atoms with van der Waals surface area (Å²) in [6.07, 6.45) is 1.46. The number of benzene rings is 1. The van der Waals surface area contributed by atoms with Crippen molar-refractivity contribution in [2.24, 2.45) is 0 Å². The van der Waals surface area contributed by atoms with E-state index in [1.165, 1.54) is 26.5 Å². The van der Waals surface area contributed by atoms with E-state index in [9.17, 15) is 9.59 Å². The van der Waals surface area contributed by atoms with Crippen LogP contribution in [0.4, 0.5) is 0 Å². The van der Waals surface area contributed by atoms with Gasteiger partial charge in [-0.2, -0.15) is 5.10 Å². The first-order chi connectivity index (χ1) is 10.2. The molecule has 0 radical (unpaired) electrons. The third-order valence-corrected chi connectivity index (χ3v) is 2.97. The maximum absolute atomic E-state index is 12.5. The summed E-state index contributed by atoms with van der Waals surface area (Å²) in [6.45, 7) is 0. The molecule has 0 N–H and O–H groups in total. The van der Waals surface area contributed by atoms with Gasteiger partial charge in [0.15, 0.2) is 0 Å². The third-order valence-electron chi connectivity index (χ3n) is 2.97. The maximum Gasteiger partial charge on any atom is 0.321 e. The smallest absolute Gasteiger partial charge is 0.321 e. The van der Waals surface area contributed by atoms with Crippen LogP contribution in [-0.2, 0) is 9.53 Å². The number of rotatable bonds is 5.